The summed E-state index contributed by atoms with van der Waals surface area (Å²) in [5.41, 5.74) is 8.58. The van der Waals surface area contributed by atoms with Gasteiger partial charge in [-0.15, -0.1) is 0 Å². The monoisotopic (exact) mass is 1340 g/mol. The molecule has 0 saturated carbocycles. The lowest BCUT2D eigenvalue weighted by Gasteiger charge is -2.43. The number of ether oxygens (including phenoxy) is 6. The number of aliphatic hydroxyl groups excluding tert-OH is 6. The second-order valence-corrected chi connectivity index (χ2v) is 30.5. The minimum atomic E-state index is -1.52. The third-order valence-electron chi connectivity index (χ3n) is 19.3. The molecule has 14 nitrogen and oxygen atoms in total. The molecule has 6 N–H and O–H groups in total. The van der Waals surface area contributed by atoms with Crippen molar-refractivity contribution in [2.75, 3.05) is 13.2 Å². The van der Waals surface area contributed by atoms with Gasteiger partial charge in [-0.3, -0.25) is 9.59 Å². The minimum Gasteiger partial charge on any atom is -0.463 e. The van der Waals surface area contributed by atoms with Gasteiger partial charge in [0.05, 0.1) is 12.2 Å². The van der Waals surface area contributed by atoms with E-state index in [1.165, 1.54) is 101 Å². The standard InChI is InChI=1S/C82H132O14/c1-57(2)37-29-25-21-17-15-19-23-27-31-45-71(83)91-55-69-73(85)75(87)77(89)79(95-69)93-65-51-63(9)67(81(11,12)53-65)49-47-61(7)43-35-41-59(5)39-33-34-40-60(6)42-36-44-62(8)48-50-68-64(10)52-66(54-82(68,13)14)94-80-78(90)76(88)74(86)70(96-80)56-92-72(84)46-32-28-24-20-16-18-22-26-30-38-58(3)4/h33-36,39-44,47-50,57-58,65-66,69-70,73-80,85-90H,15-32,37-38,45-46,51-56H2,1-14H3/b34-33+,41-35+,42-36+,49-47+,50-48+,59-39+,60-40+,61-43+,62-44+/t65-,66-,69?,70?,73?,74?,75?,76?,77?,78?,79?,80?/m1/s1. The molecule has 12 atom stereocenters. The van der Waals surface area contributed by atoms with Gasteiger partial charge in [0.1, 0.15) is 62.0 Å². The zero-order chi connectivity index (χ0) is 70.8. The number of allylic oxidation sites excluding steroid dienone is 20. The Morgan fingerprint density at radius 3 is 1.06 bits per heavy atom. The summed E-state index contributed by atoms with van der Waals surface area (Å²) in [7, 11) is 0. The van der Waals surface area contributed by atoms with Gasteiger partial charge in [-0.1, -0.05) is 289 Å². The van der Waals surface area contributed by atoms with Crippen molar-refractivity contribution in [3.8, 4) is 0 Å². The quantitative estimate of drug-likeness (QED) is 0.0191. The van der Waals surface area contributed by atoms with Crippen LogP contribution in [0.25, 0.3) is 0 Å². The smallest absolute Gasteiger partial charge is 0.305 e. The number of esters is 2. The van der Waals surface area contributed by atoms with Crippen LogP contribution in [-0.4, -0.2) is 129 Å². The molecule has 0 aromatic carbocycles. The molecular weight excluding hydrogens is 1210 g/mol. The molecule has 0 bridgehead atoms. The fraction of sp³-hybridized carbons (Fsp3) is 0.707. The maximum atomic E-state index is 12.6. The van der Waals surface area contributed by atoms with Gasteiger partial charge in [-0.25, -0.2) is 0 Å². The summed E-state index contributed by atoms with van der Waals surface area (Å²) in [6.07, 6.45) is 41.8. The van der Waals surface area contributed by atoms with Crippen molar-refractivity contribution in [2.45, 2.75) is 337 Å². The van der Waals surface area contributed by atoms with E-state index >= 15 is 0 Å². The molecule has 0 radical (unpaired) electrons. The van der Waals surface area contributed by atoms with Crippen LogP contribution in [0.1, 0.15) is 264 Å². The first-order valence-corrected chi connectivity index (χ1v) is 37.1. The molecule has 0 amide bonds. The summed E-state index contributed by atoms with van der Waals surface area (Å²) in [6, 6.07) is 0. The summed E-state index contributed by atoms with van der Waals surface area (Å²) in [4.78, 5) is 25.2. The number of carbonyl (C=O) groups excluding carboxylic acids is 2. The van der Waals surface area contributed by atoms with E-state index in [0.717, 1.165) is 83.8 Å². The molecular formula is C82H132O14. The lowest BCUT2D eigenvalue weighted by Crippen LogP contribution is -2.60. The number of unbranched alkanes of at least 4 members (excludes halogenated alkanes) is 16. The van der Waals surface area contributed by atoms with Gasteiger partial charge in [0.15, 0.2) is 12.6 Å². The second kappa shape index (κ2) is 44.7. The molecule has 2 fully saturated rings. The van der Waals surface area contributed by atoms with Crippen LogP contribution in [0.5, 0.6) is 0 Å². The van der Waals surface area contributed by atoms with Gasteiger partial charge in [-0.05, 0) is 114 Å². The predicted octanol–water partition coefficient (Wildman–Crippen LogP) is 17.2. The largest absolute Gasteiger partial charge is 0.463 e. The zero-order valence-corrected chi connectivity index (χ0v) is 61.9. The first kappa shape index (κ1) is 84.1. The normalized spacial score (nSPS) is 27.4. The van der Waals surface area contributed by atoms with E-state index in [-0.39, 0.29) is 61.0 Å². The molecule has 2 saturated heterocycles. The molecule has 0 spiro atoms. The summed E-state index contributed by atoms with van der Waals surface area (Å²) < 4.78 is 35.7. The van der Waals surface area contributed by atoms with E-state index in [9.17, 15) is 40.2 Å². The first-order chi connectivity index (χ1) is 45.6. The Morgan fingerprint density at radius 2 is 0.740 bits per heavy atom. The fourth-order valence-corrected chi connectivity index (χ4v) is 13.6. The maximum absolute atomic E-state index is 12.6. The van der Waals surface area contributed by atoms with Crippen LogP contribution in [0.3, 0.4) is 0 Å². The summed E-state index contributed by atoms with van der Waals surface area (Å²) in [6.45, 7) is 29.8. The molecule has 10 unspecified atom stereocenters. The average Bonchev–Trinajstić information content (AvgIpc) is 0.802. The van der Waals surface area contributed by atoms with E-state index in [1.807, 2.05) is 24.3 Å². The fourth-order valence-electron chi connectivity index (χ4n) is 13.6. The highest BCUT2D eigenvalue weighted by atomic mass is 16.7. The van der Waals surface area contributed by atoms with Crippen LogP contribution in [0, 0.1) is 22.7 Å². The Labute approximate surface area is 580 Å². The van der Waals surface area contributed by atoms with Gasteiger partial charge < -0.3 is 59.1 Å². The average molecular weight is 1340 g/mol. The van der Waals surface area contributed by atoms with Gasteiger partial charge in [-0.2, -0.15) is 0 Å². The van der Waals surface area contributed by atoms with E-state index < -0.39 is 61.4 Å². The molecule has 2 aliphatic heterocycles. The number of hydrogen-bond donors (Lipinski definition) is 6. The molecule has 14 heteroatoms. The van der Waals surface area contributed by atoms with Crippen molar-refractivity contribution in [3.63, 3.8) is 0 Å². The van der Waals surface area contributed by atoms with Crippen molar-refractivity contribution in [3.05, 3.63) is 130 Å². The van der Waals surface area contributed by atoms with Crippen molar-refractivity contribution < 1.29 is 68.6 Å². The zero-order valence-electron chi connectivity index (χ0n) is 61.9. The van der Waals surface area contributed by atoms with Gasteiger partial charge in [0.25, 0.3) is 0 Å². The number of aliphatic hydroxyl groups is 6. The van der Waals surface area contributed by atoms with Gasteiger partial charge >= 0.3 is 11.9 Å². The van der Waals surface area contributed by atoms with E-state index in [0.29, 0.717) is 25.7 Å². The van der Waals surface area contributed by atoms with Crippen LogP contribution in [0.15, 0.2) is 130 Å². The Hall–Kier alpha value is -4.32. The molecule has 4 aliphatic rings. The Morgan fingerprint density at radius 1 is 0.438 bits per heavy atom. The molecule has 544 valence electrons. The molecule has 2 heterocycles. The highest BCUT2D eigenvalue weighted by Crippen LogP contribution is 2.45. The molecule has 0 aromatic rings. The van der Waals surface area contributed by atoms with Crippen LogP contribution in [0.2, 0.25) is 0 Å². The summed E-state index contributed by atoms with van der Waals surface area (Å²) >= 11 is 0. The topological polar surface area (TPSA) is 211 Å². The van der Waals surface area contributed by atoms with Crippen LogP contribution < -0.4 is 0 Å². The summed E-state index contributed by atoms with van der Waals surface area (Å²) in [5, 5.41) is 65.0. The third-order valence-corrected chi connectivity index (χ3v) is 19.3. The Balaban J connectivity index is 1.18. The maximum Gasteiger partial charge on any atom is 0.305 e. The highest BCUT2D eigenvalue weighted by Gasteiger charge is 2.48. The van der Waals surface area contributed by atoms with Crippen LogP contribution >= 0.6 is 0 Å². The second-order valence-electron chi connectivity index (χ2n) is 30.5. The molecule has 96 heavy (non-hydrogen) atoms. The highest BCUT2D eigenvalue weighted by molar-refractivity contribution is 5.69. The van der Waals surface area contributed by atoms with Gasteiger partial charge in [0, 0.05) is 12.8 Å². The van der Waals surface area contributed by atoms with Crippen molar-refractivity contribution in [1.29, 1.82) is 0 Å². The van der Waals surface area contributed by atoms with E-state index in [4.69, 9.17) is 28.4 Å². The van der Waals surface area contributed by atoms with Crippen LogP contribution in [-0.2, 0) is 38.0 Å². The SMILES string of the molecule is CC1=C(/C=C/C(C)=C/C=C/C(C)=C/C=C/C=C(C)/C=C/C=C(C)/C=C/C2=C(C)C[C@@H](OC3OC(COC(=O)CCCCCCCCCCCC(C)C)C(O)C(O)C3O)CC2(C)C)C(C)(C)C[C@H](OC2OC(COC(=O)CCCCCCCCCCCC(C)C)C(O)C(O)C2O)C1. The van der Waals surface area contributed by atoms with E-state index in [1.54, 1.807) is 0 Å². The predicted molar refractivity (Wildman–Crippen MR) is 388 cm³/mol. The number of rotatable bonds is 42. The van der Waals surface area contributed by atoms with Crippen molar-refractivity contribution in [2.24, 2.45) is 22.7 Å². The third kappa shape index (κ3) is 31.9. The molecule has 4 rings (SSSR count). The Kier molecular flexibility index (Phi) is 39.2. The lowest BCUT2D eigenvalue weighted by molar-refractivity contribution is -0.313. The minimum absolute atomic E-state index is 0.237. The van der Waals surface area contributed by atoms with Crippen molar-refractivity contribution >= 4 is 11.9 Å². The number of carbonyl (C=O) groups is 2. The number of hydrogen-bond acceptors (Lipinski definition) is 14. The molecule has 0 aromatic heterocycles. The van der Waals surface area contributed by atoms with Gasteiger partial charge in [0.2, 0.25) is 0 Å². The van der Waals surface area contributed by atoms with Crippen molar-refractivity contribution in [1.82, 2.24) is 0 Å². The molecule has 2 aliphatic carbocycles. The van der Waals surface area contributed by atoms with E-state index in [2.05, 4.69) is 158 Å². The summed E-state index contributed by atoms with van der Waals surface area (Å²) in [5.74, 6) is 0.822. The van der Waals surface area contributed by atoms with Crippen LogP contribution in [0.4, 0.5) is 0 Å². The first-order valence-electron chi connectivity index (χ1n) is 37.1. The Bertz CT molecular complexity index is 2480. The lowest BCUT2D eigenvalue weighted by atomic mass is 9.71.